The minimum atomic E-state index is -4.72. The van der Waals surface area contributed by atoms with Gasteiger partial charge in [-0.2, -0.15) is 13.2 Å². The number of benzene rings is 1. The Morgan fingerprint density at radius 1 is 1.42 bits per heavy atom. The third-order valence-corrected chi connectivity index (χ3v) is 1.98. The Balaban J connectivity index is 3.29. The van der Waals surface area contributed by atoms with E-state index in [0.717, 1.165) is 0 Å². The number of carboxylic acids is 1. The van der Waals surface area contributed by atoms with E-state index in [1.807, 2.05) is 11.8 Å². The van der Waals surface area contributed by atoms with Gasteiger partial charge in [-0.05, 0) is 6.07 Å². The summed E-state index contributed by atoms with van der Waals surface area (Å²) in [5.41, 5.74) is -2.31. The summed E-state index contributed by atoms with van der Waals surface area (Å²) in [5, 5.41) is 18.8. The van der Waals surface area contributed by atoms with Crippen molar-refractivity contribution in [2.75, 3.05) is 0 Å². The Kier molecular flexibility index (Phi) is 4.11. The zero-order valence-electron chi connectivity index (χ0n) is 9.19. The Morgan fingerprint density at radius 3 is 2.53 bits per heavy atom. The lowest BCUT2D eigenvalue weighted by Gasteiger charge is -2.08. The molecule has 0 saturated heterocycles. The third kappa shape index (κ3) is 3.99. The summed E-state index contributed by atoms with van der Waals surface area (Å²) in [7, 11) is 0. The molecule has 0 heterocycles. The largest absolute Gasteiger partial charge is 0.481 e. The maximum Gasteiger partial charge on any atom is 0.417 e. The maximum atomic E-state index is 12.6. The number of rotatable bonds is 2. The zero-order valence-corrected chi connectivity index (χ0v) is 9.19. The van der Waals surface area contributed by atoms with Crippen LogP contribution in [0, 0.1) is 22.0 Å². The van der Waals surface area contributed by atoms with Crippen molar-refractivity contribution in [3.05, 3.63) is 39.4 Å². The highest BCUT2D eigenvalue weighted by Crippen LogP contribution is 2.33. The molecule has 0 aromatic heterocycles. The number of hydrogen-bond donors (Lipinski definition) is 1. The second-order valence-electron chi connectivity index (χ2n) is 3.36. The molecular formula is C11H6F3NO4. The summed E-state index contributed by atoms with van der Waals surface area (Å²) >= 11 is 0. The molecule has 8 heteroatoms. The first-order chi connectivity index (χ1) is 8.71. The van der Waals surface area contributed by atoms with Crippen LogP contribution in [0.5, 0.6) is 0 Å². The van der Waals surface area contributed by atoms with Gasteiger partial charge in [-0.1, -0.05) is 11.8 Å². The van der Waals surface area contributed by atoms with Crippen molar-refractivity contribution in [3.63, 3.8) is 0 Å². The van der Waals surface area contributed by atoms with Gasteiger partial charge in [0.05, 0.1) is 10.5 Å². The highest BCUT2D eigenvalue weighted by molar-refractivity contribution is 5.70. The van der Waals surface area contributed by atoms with Crippen LogP contribution in [0.3, 0.4) is 0 Å². The van der Waals surface area contributed by atoms with E-state index in [0.29, 0.717) is 18.2 Å². The molecular weight excluding hydrogens is 267 g/mol. The molecule has 1 aromatic carbocycles. The quantitative estimate of drug-likeness (QED) is 0.509. The lowest BCUT2D eigenvalue weighted by molar-refractivity contribution is -0.384. The molecule has 1 N–H and O–H groups in total. The van der Waals surface area contributed by atoms with Gasteiger partial charge in [0.1, 0.15) is 6.42 Å². The van der Waals surface area contributed by atoms with Crippen LogP contribution in [0.2, 0.25) is 0 Å². The van der Waals surface area contributed by atoms with Crippen LogP contribution in [0.4, 0.5) is 18.9 Å². The smallest absolute Gasteiger partial charge is 0.417 e. The van der Waals surface area contributed by atoms with Gasteiger partial charge in [0.25, 0.3) is 5.69 Å². The standard InChI is InChI=1S/C11H6F3NO4/c12-11(13,14)9-5-4-8(15(18)19)6-7(9)2-1-3-10(16)17/h4-6H,3H2,(H,16,17). The van der Waals surface area contributed by atoms with Crippen molar-refractivity contribution in [1.29, 1.82) is 0 Å². The molecule has 0 spiro atoms. The number of carboxylic acid groups (broad SMARTS) is 1. The molecule has 0 fully saturated rings. The lowest BCUT2D eigenvalue weighted by atomic mass is 10.1. The molecule has 5 nitrogen and oxygen atoms in total. The van der Waals surface area contributed by atoms with Crippen LogP contribution in [0.15, 0.2) is 18.2 Å². The summed E-state index contributed by atoms with van der Waals surface area (Å²) in [6, 6.07) is 1.92. The van der Waals surface area contributed by atoms with Gasteiger partial charge in [0, 0.05) is 17.7 Å². The average Bonchev–Trinajstić information content (AvgIpc) is 2.26. The van der Waals surface area contributed by atoms with Crippen LogP contribution >= 0.6 is 0 Å². The number of non-ortho nitro benzene ring substituents is 1. The maximum absolute atomic E-state index is 12.6. The summed E-state index contributed by atoms with van der Waals surface area (Å²) in [4.78, 5) is 19.8. The summed E-state index contributed by atoms with van der Waals surface area (Å²) in [5.74, 6) is 2.70. The van der Waals surface area contributed by atoms with Crippen LogP contribution in [-0.4, -0.2) is 16.0 Å². The van der Waals surface area contributed by atoms with Gasteiger partial charge in [-0.25, -0.2) is 0 Å². The minimum absolute atomic E-state index is 0.545. The second-order valence-corrected chi connectivity index (χ2v) is 3.36. The minimum Gasteiger partial charge on any atom is -0.481 e. The average molecular weight is 273 g/mol. The predicted molar refractivity (Wildman–Crippen MR) is 57.2 cm³/mol. The highest BCUT2D eigenvalue weighted by atomic mass is 19.4. The zero-order chi connectivity index (χ0) is 14.6. The van der Waals surface area contributed by atoms with Crippen LogP contribution < -0.4 is 0 Å². The predicted octanol–water partition coefficient (Wildman–Crippen LogP) is 2.44. The first-order valence-corrected chi connectivity index (χ1v) is 4.78. The van der Waals surface area contributed by atoms with Gasteiger partial charge in [0.15, 0.2) is 0 Å². The van der Waals surface area contributed by atoms with Crippen LogP contribution in [0.1, 0.15) is 17.5 Å². The van der Waals surface area contributed by atoms with Gasteiger partial charge >= 0.3 is 12.1 Å². The first-order valence-electron chi connectivity index (χ1n) is 4.78. The van der Waals surface area contributed by atoms with Crippen molar-refractivity contribution in [3.8, 4) is 11.8 Å². The molecule has 0 aliphatic heterocycles. The first kappa shape index (κ1) is 14.5. The number of nitro benzene ring substituents is 1. The molecule has 1 aromatic rings. The fourth-order valence-corrected chi connectivity index (χ4v) is 1.21. The Hall–Kier alpha value is -2.56. The fourth-order valence-electron chi connectivity index (χ4n) is 1.21. The number of carbonyl (C=O) groups is 1. The number of nitrogens with zero attached hydrogens (tertiary/aromatic N) is 1. The van der Waals surface area contributed by atoms with Crippen LogP contribution in [0.25, 0.3) is 0 Å². The van der Waals surface area contributed by atoms with E-state index >= 15 is 0 Å². The molecule has 0 aliphatic carbocycles. The monoisotopic (exact) mass is 273 g/mol. The second kappa shape index (κ2) is 5.39. The SMILES string of the molecule is O=C(O)CC#Cc1cc([N+](=O)[O-])ccc1C(F)(F)F. The molecule has 1 rings (SSSR count). The lowest BCUT2D eigenvalue weighted by Crippen LogP contribution is -2.08. The fraction of sp³-hybridized carbons (Fsp3) is 0.182. The molecule has 0 saturated carbocycles. The molecule has 0 radical (unpaired) electrons. The number of halogens is 3. The van der Waals surface area contributed by atoms with E-state index in [1.54, 1.807) is 0 Å². The van der Waals surface area contributed by atoms with Gasteiger partial charge in [-0.3, -0.25) is 14.9 Å². The van der Waals surface area contributed by atoms with E-state index in [1.165, 1.54) is 0 Å². The van der Waals surface area contributed by atoms with Crippen molar-refractivity contribution in [1.82, 2.24) is 0 Å². The molecule has 0 atom stereocenters. The molecule has 0 bridgehead atoms. The highest BCUT2D eigenvalue weighted by Gasteiger charge is 2.33. The van der Waals surface area contributed by atoms with E-state index in [2.05, 4.69) is 0 Å². The molecule has 0 unspecified atom stereocenters. The Bertz CT molecular complexity index is 584. The number of aliphatic carboxylic acids is 1. The normalized spacial score (nSPS) is 10.5. The number of nitro groups is 1. The Labute approximate surface area is 104 Å². The molecule has 0 aliphatic rings. The van der Waals surface area contributed by atoms with E-state index in [4.69, 9.17) is 5.11 Å². The number of alkyl halides is 3. The summed E-state index contributed by atoms with van der Waals surface area (Å²) < 4.78 is 37.8. The van der Waals surface area contributed by atoms with Gasteiger partial charge in [0.2, 0.25) is 0 Å². The van der Waals surface area contributed by atoms with Crippen LogP contribution in [-0.2, 0) is 11.0 Å². The third-order valence-electron chi connectivity index (χ3n) is 1.98. The Morgan fingerprint density at radius 2 is 2.05 bits per heavy atom. The summed E-state index contributed by atoms with van der Waals surface area (Å²) in [6.07, 6.45) is -5.37. The molecule has 100 valence electrons. The van der Waals surface area contributed by atoms with Crippen molar-refractivity contribution in [2.45, 2.75) is 12.6 Å². The van der Waals surface area contributed by atoms with Crippen molar-refractivity contribution < 1.29 is 28.0 Å². The topological polar surface area (TPSA) is 80.4 Å². The van der Waals surface area contributed by atoms with Crippen molar-refractivity contribution in [2.24, 2.45) is 0 Å². The molecule has 0 amide bonds. The van der Waals surface area contributed by atoms with Crippen molar-refractivity contribution >= 4 is 11.7 Å². The van der Waals surface area contributed by atoms with Gasteiger partial charge in [-0.15, -0.1) is 0 Å². The molecule has 19 heavy (non-hydrogen) atoms. The van der Waals surface area contributed by atoms with E-state index in [9.17, 15) is 28.1 Å². The van der Waals surface area contributed by atoms with E-state index < -0.39 is 40.3 Å². The summed E-state index contributed by atoms with van der Waals surface area (Å²) in [6.45, 7) is 0. The van der Waals surface area contributed by atoms with Gasteiger partial charge < -0.3 is 5.11 Å². The van der Waals surface area contributed by atoms with E-state index in [-0.39, 0.29) is 0 Å². The number of hydrogen-bond acceptors (Lipinski definition) is 3.